The molecule has 0 aromatic carbocycles. The van der Waals surface area contributed by atoms with E-state index < -0.39 is 137 Å². The maximum atomic E-state index is 13.6. The first-order valence-corrected chi connectivity index (χ1v) is 28.4. The second kappa shape index (κ2) is 24.1. The number of hydrogen-bond donors (Lipinski definition) is 10. The van der Waals surface area contributed by atoms with Crippen molar-refractivity contribution < 1.29 is 113 Å². The topological polar surface area (TPSA) is 566 Å². The number of aryl methyl sites for hydroxylation is 1. The van der Waals surface area contributed by atoms with E-state index in [-0.39, 0.29) is 64.4 Å². The van der Waals surface area contributed by atoms with Gasteiger partial charge in [-0.05, 0) is 0 Å². The van der Waals surface area contributed by atoms with Crippen molar-refractivity contribution in [1.82, 2.24) is 53.6 Å². The van der Waals surface area contributed by atoms with Gasteiger partial charge in [0.05, 0.1) is 59.3 Å². The number of aliphatic hydroxyl groups is 3. The van der Waals surface area contributed by atoms with Crippen LogP contribution >= 0.6 is 31.3 Å². The number of H-pyrrole nitrogens is 2. The average Bonchev–Trinajstić information content (AvgIpc) is 4.24. The Balaban J connectivity index is 0.943. The van der Waals surface area contributed by atoms with E-state index in [4.69, 9.17) is 63.7 Å². The highest BCUT2D eigenvalue weighted by Gasteiger charge is 2.51. The third-order valence-electron chi connectivity index (χ3n) is 11.5. The minimum atomic E-state index is -6.28. The molecule has 6 aromatic rings. The van der Waals surface area contributed by atoms with Gasteiger partial charge in [0.2, 0.25) is 17.7 Å². The summed E-state index contributed by atoms with van der Waals surface area (Å²) >= 11 is 0. The number of aliphatic hydroxyl groups excluding tert-OH is 3. The molecule has 0 amide bonds. The molecule has 8 rings (SSSR count). The zero-order valence-corrected chi connectivity index (χ0v) is 44.5. The van der Waals surface area contributed by atoms with E-state index in [0.29, 0.717) is 0 Å². The Labute approximate surface area is 440 Å². The van der Waals surface area contributed by atoms with Gasteiger partial charge in [-0.25, -0.2) is 37.9 Å². The molecule has 13 N–H and O–H groups in total. The van der Waals surface area contributed by atoms with Crippen LogP contribution in [0.3, 0.4) is 0 Å². The molecular formula is C35H50N15O25P4-. The van der Waals surface area contributed by atoms with E-state index in [9.17, 15) is 62.7 Å². The normalized spacial score (nSPS) is 25.6. The Hall–Kier alpha value is -5.19. The largest absolute Gasteiger partial charge is 0.756 e. The lowest BCUT2D eigenvalue weighted by Gasteiger charge is -2.31. The van der Waals surface area contributed by atoms with Crippen molar-refractivity contribution in [2.45, 2.75) is 61.4 Å². The van der Waals surface area contributed by atoms with E-state index in [1.807, 2.05) is 0 Å². The molecule has 0 bridgehead atoms. The number of anilines is 3. The second-order valence-corrected chi connectivity index (χ2v) is 22.8. The van der Waals surface area contributed by atoms with Crippen LogP contribution in [0.25, 0.3) is 33.5 Å². The van der Waals surface area contributed by atoms with Gasteiger partial charge >= 0.3 is 21.3 Å². The quantitative estimate of drug-likeness (QED) is 0.0131. The molecule has 14 atom stereocenters. The van der Waals surface area contributed by atoms with Crippen molar-refractivity contribution >= 4 is 82.5 Å². The summed E-state index contributed by atoms with van der Waals surface area (Å²) in [5, 5.41) is 32.0. The standard InChI is InChI=1S/C35H51N15O25P4/c1-47-14-50(29-21(47)31(55)46-35(38)44-29)18(6-51)70-15(7-66-5-4-64-2)8-67-77(58,59)74-79(62,63)75-78(60,61)69-10-17-24(25(65-3)33(72-17)48-12-41-19-26(36)39-11-40-27(19)48)73-76(56,57)68-9-16-22(52)23(53)32(71-16)49-13-42-20-28(49)43-34(37)45-30(20)54/h11-18,22-25,32-33,51-53H,4-10H2,1-3H3,(H11-,36,37,38,39,40,43,44,45,46,54,55,56,57,58,59,60,61,62,63)/p-1/t15-,16+,17+,18+,22-,23?,24-,25?,32+,33+/m0/s1. The molecule has 44 heteroatoms. The SMILES string of the molecule is COCCOC[C@@H](COP(=O)([O-])OP(=O)(O)OP(=O)(O)OC[C@H]1O[C@@H](n2cnc3c(N)ncnc32)C(OC)[C@H]1OP(=O)([O-])OC[C@H]1O[C@@H](n2cnc3c(=O)[nH]c(N)nc32)C(O)[C@H]1O)O[C@H](CO)[n+]1cn(C)c2c(=O)[nH]c(N)nc21. The molecule has 2 aliphatic heterocycles. The van der Waals surface area contributed by atoms with Crippen LogP contribution in [0.1, 0.15) is 18.7 Å². The predicted octanol–water partition coefficient (Wildman–Crippen LogP) is -5.05. The summed E-state index contributed by atoms with van der Waals surface area (Å²) in [7, 11) is -20.2. The fourth-order valence-electron chi connectivity index (χ4n) is 8.11. The Morgan fingerprint density at radius 3 is 2.16 bits per heavy atom. The minimum absolute atomic E-state index is 0.00312. The van der Waals surface area contributed by atoms with Crippen LogP contribution in [0, 0.1) is 0 Å². The van der Waals surface area contributed by atoms with E-state index in [1.54, 1.807) is 0 Å². The summed E-state index contributed by atoms with van der Waals surface area (Å²) in [6.07, 6.45) is -12.2. The van der Waals surface area contributed by atoms with Gasteiger partial charge in [0, 0.05) is 14.2 Å². The zero-order valence-electron chi connectivity index (χ0n) is 40.9. The first-order chi connectivity index (χ1) is 37.2. The van der Waals surface area contributed by atoms with E-state index in [0.717, 1.165) is 30.7 Å². The second-order valence-electron chi connectivity index (χ2n) is 16.8. The molecule has 6 unspecified atom stereocenters. The van der Waals surface area contributed by atoms with Crippen LogP contribution < -0.4 is 42.7 Å². The van der Waals surface area contributed by atoms with Crippen molar-refractivity contribution in [3.63, 3.8) is 0 Å². The first kappa shape index (κ1) is 59.9. The number of methoxy groups -OCH3 is 2. The molecule has 40 nitrogen and oxygen atoms in total. The lowest BCUT2D eigenvalue weighted by molar-refractivity contribution is -0.746. The smallest absolute Gasteiger partial charge is 0.487 e. The Morgan fingerprint density at radius 2 is 1.46 bits per heavy atom. The maximum absolute atomic E-state index is 13.6. The Bertz CT molecular complexity index is 3470. The number of aromatic amines is 2. The number of imidazole rings is 3. The number of rotatable bonds is 27. The van der Waals surface area contributed by atoms with Crippen LogP contribution in [0.2, 0.25) is 0 Å². The van der Waals surface area contributed by atoms with Gasteiger partial charge in [0.1, 0.15) is 61.2 Å². The van der Waals surface area contributed by atoms with Crippen LogP contribution in [0.4, 0.5) is 17.7 Å². The Kier molecular flexibility index (Phi) is 18.3. The fourth-order valence-corrected chi connectivity index (χ4v) is 12.6. The molecule has 2 fully saturated rings. The highest BCUT2D eigenvalue weighted by atomic mass is 31.3. The molecule has 0 saturated carbocycles. The molecule has 0 spiro atoms. The van der Waals surface area contributed by atoms with Crippen molar-refractivity contribution in [2.24, 2.45) is 7.05 Å². The third-order valence-corrected chi connectivity index (χ3v) is 16.7. The number of phosphoric ester groups is 3. The molecule has 0 aliphatic carbocycles. The molecule has 436 valence electrons. The minimum Gasteiger partial charge on any atom is -0.756 e. The van der Waals surface area contributed by atoms with Gasteiger partial charge < -0.3 is 94.1 Å². The maximum Gasteiger partial charge on any atom is 0.487 e. The van der Waals surface area contributed by atoms with Gasteiger partial charge in [-0.1, -0.05) is 4.98 Å². The van der Waals surface area contributed by atoms with Gasteiger partial charge in [0.25, 0.3) is 32.7 Å². The highest BCUT2D eigenvalue weighted by Crippen LogP contribution is 2.66. The van der Waals surface area contributed by atoms with Gasteiger partial charge in [-0.3, -0.25) is 46.9 Å². The summed E-state index contributed by atoms with van der Waals surface area (Å²) in [5.74, 6) is -0.722. The van der Waals surface area contributed by atoms with Crippen LogP contribution in [0.15, 0.2) is 34.9 Å². The predicted molar refractivity (Wildman–Crippen MR) is 252 cm³/mol. The number of nitrogens with two attached hydrogens (primary N) is 3. The van der Waals surface area contributed by atoms with Crippen molar-refractivity contribution in [2.75, 3.05) is 77.7 Å². The third kappa shape index (κ3) is 13.6. The van der Waals surface area contributed by atoms with Gasteiger partial charge in [-0.2, -0.15) is 9.29 Å². The molecule has 0 radical (unpaired) electrons. The van der Waals surface area contributed by atoms with Crippen LogP contribution in [-0.4, -0.2) is 182 Å². The molecule has 2 saturated heterocycles. The number of nitrogens with zero attached hydrogens (tertiary/aromatic N) is 10. The Morgan fingerprint density at radius 1 is 0.785 bits per heavy atom. The fraction of sp³-hybridized carbons (Fsp3) is 0.571. The van der Waals surface area contributed by atoms with E-state index in [2.05, 4.69) is 48.5 Å². The number of phosphoric acid groups is 4. The lowest BCUT2D eigenvalue weighted by Crippen LogP contribution is -2.46. The number of nitrogens with one attached hydrogen (secondary N) is 2. The zero-order chi connectivity index (χ0) is 57.4. The van der Waals surface area contributed by atoms with Crippen molar-refractivity contribution in [3.05, 3.63) is 46.0 Å². The summed E-state index contributed by atoms with van der Waals surface area (Å²) in [5.41, 5.74) is 15.5. The summed E-state index contributed by atoms with van der Waals surface area (Å²) < 4.78 is 120. The van der Waals surface area contributed by atoms with Crippen LogP contribution in [0.5, 0.6) is 0 Å². The number of ether oxygens (including phenoxy) is 6. The van der Waals surface area contributed by atoms with Crippen molar-refractivity contribution in [1.29, 1.82) is 0 Å². The van der Waals surface area contributed by atoms with Gasteiger partial charge in [-0.15, -0.1) is 0 Å². The molecular weight excluding hydrogens is 1150 g/mol. The van der Waals surface area contributed by atoms with Gasteiger partial charge in [0.15, 0.2) is 41.4 Å². The number of nitrogen functional groups attached to an aromatic ring is 3. The first-order valence-electron chi connectivity index (χ1n) is 22.5. The van der Waals surface area contributed by atoms with E-state index >= 15 is 0 Å². The summed E-state index contributed by atoms with van der Waals surface area (Å²) in [6, 6.07) is 0. The van der Waals surface area contributed by atoms with Crippen molar-refractivity contribution in [3.8, 4) is 0 Å². The summed E-state index contributed by atoms with van der Waals surface area (Å²) in [4.78, 5) is 101. The number of aromatic nitrogens is 12. The average molecular weight is 1200 g/mol. The number of fused-ring (bicyclic) bond motifs is 3. The lowest BCUT2D eigenvalue weighted by atomic mass is 10.1. The highest BCUT2D eigenvalue weighted by molar-refractivity contribution is 7.66. The molecule has 8 heterocycles. The van der Waals surface area contributed by atoms with E-state index in [1.165, 1.54) is 34.2 Å². The monoisotopic (exact) mass is 1200 g/mol. The molecule has 6 aromatic heterocycles. The number of hydrogen-bond acceptors (Lipinski definition) is 32. The molecule has 79 heavy (non-hydrogen) atoms. The summed E-state index contributed by atoms with van der Waals surface area (Å²) in [6.45, 7) is -4.78. The van der Waals surface area contributed by atoms with Crippen LogP contribution in [-0.2, 0) is 80.4 Å². The molecule has 2 aliphatic rings.